The van der Waals surface area contributed by atoms with Crippen LogP contribution in [0.5, 0.6) is 0 Å². The van der Waals surface area contributed by atoms with Gasteiger partial charge in [-0.25, -0.2) is 4.39 Å². The van der Waals surface area contributed by atoms with Crippen molar-refractivity contribution in [3.05, 3.63) is 34.6 Å². The fourth-order valence-electron chi connectivity index (χ4n) is 4.19. The number of nitrogens with one attached hydrogen (secondary N) is 1. The fourth-order valence-corrected chi connectivity index (χ4v) is 4.48. The van der Waals surface area contributed by atoms with Gasteiger partial charge in [0.1, 0.15) is 5.82 Å². The van der Waals surface area contributed by atoms with Crippen LogP contribution in [-0.4, -0.2) is 54.4 Å². The average molecular weight is 399 g/mol. The molecule has 27 heavy (non-hydrogen) atoms. The molecule has 2 aliphatic rings. The summed E-state index contributed by atoms with van der Waals surface area (Å²) in [5, 5.41) is 13.1. The number of carbonyl (C=O) groups is 1. The van der Waals surface area contributed by atoms with Gasteiger partial charge in [-0.3, -0.25) is 9.69 Å². The Morgan fingerprint density at radius 1 is 1.41 bits per heavy atom. The molecule has 3 rings (SSSR count). The summed E-state index contributed by atoms with van der Waals surface area (Å²) in [7, 11) is 0. The maximum absolute atomic E-state index is 14.6. The Kier molecular flexibility index (Phi) is 7.09. The largest absolute Gasteiger partial charge is 0.481 e. The van der Waals surface area contributed by atoms with Crippen molar-refractivity contribution in [3.63, 3.8) is 0 Å². The molecule has 1 aliphatic heterocycles. The van der Waals surface area contributed by atoms with Crippen molar-refractivity contribution >= 4 is 17.6 Å². The standard InChI is InChI=1S/C20H28ClFN2O3/c1-13-12-24(9-10-27-13)18(19-16(21)3-2-4-17(19)22)11-23-15-7-5-14(6-8-15)20(25)26/h2-4,13-15,18,23H,5-12H2,1H3,(H,25,26). The second kappa shape index (κ2) is 9.32. The lowest BCUT2D eigenvalue weighted by Crippen LogP contribution is -2.48. The Balaban J connectivity index is 1.70. The quantitative estimate of drug-likeness (QED) is 0.768. The Hall–Kier alpha value is -1.21. The van der Waals surface area contributed by atoms with Gasteiger partial charge in [0.05, 0.1) is 24.7 Å². The number of carboxylic acid groups (broad SMARTS) is 1. The SMILES string of the molecule is CC1CN(C(CNC2CCC(C(=O)O)CC2)c2c(F)cccc2Cl)CCO1. The molecule has 1 saturated heterocycles. The van der Waals surface area contributed by atoms with Gasteiger partial charge in [-0.1, -0.05) is 17.7 Å². The first-order chi connectivity index (χ1) is 13.0. The van der Waals surface area contributed by atoms with Crippen molar-refractivity contribution < 1.29 is 19.0 Å². The average Bonchev–Trinajstić information content (AvgIpc) is 2.64. The highest BCUT2D eigenvalue weighted by molar-refractivity contribution is 6.31. The summed E-state index contributed by atoms with van der Waals surface area (Å²) >= 11 is 6.36. The summed E-state index contributed by atoms with van der Waals surface area (Å²) in [6, 6.07) is 4.89. The first-order valence-electron chi connectivity index (χ1n) is 9.71. The lowest BCUT2D eigenvalue weighted by molar-refractivity contribution is -0.142. The minimum Gasteiger partial charge on any atom is -0.481 e. The molecule has 1 heterocycles. The molecule has 1 saturated carbocycles. The summed E-state index contributed by atoms with van der Waals surface area (Å²) < 4.78 is 20.3. The third-order valence-corrected chi connectivity index (χ3v) is 6.05. The molecule has 150 valence electrons. The molecular weight excluding hydrogens is 371 g/mol. The first-order valence-corrected chi connectivity index (χ1v) is 10.1. The van der Waals surface area contributed by atoms with Gasteiger partial charge in [0.25, 0.3) is 0 Å². The van der Waals surface area contributed by atoms with Crippen LogP contribution in [0.2, 0.25) is 5.02 Å². The number of benzene rings is 1. The Labute approximate surface area is 164 Å². The van der Waals surface area contributed by atoms with Crippen LogP contribution in [0.4, 0.5) is 4.39 Å². The van der Waals surface area contributed by atoms with Gasteiger partial charge >= 0.3 is 5.97 Å². The van der Waals surface area contributed by atoms with Gasteiger partial charge in [0.15, 0.2) is 0 Å². The van der Waals surface area contributed by atoms with Crippen molar-refractivity contribution in [2.24, 2.45) is 5.92 Å². The van der Waals surface area contributed by atoms with E-state index >= 15 is 0 Å². The lowest BCUT2D eigenvalue weighted by atomic mass is 9.86. The number of hydrogen-bond acceptors (Lipinski definition) is 4. The molecule has 0 bridgehead atoms. The van der Waals surface area contributed by atoms with Crippen molar-refractivity contribution in [2.75, 3.05) is 26.2 Å². The van der Waals surface area contributed by atoms with Crippen LogP contribution in [0.15, 0.2) is 18.2 Å². The molecule has 5 nitrogen and oxygen atoms in total. The zero-order valence-corrected chi connectivity index (χ0v) is 16.4. The molecule has 0 aromatic heterocycles. The summed E-state index contributed by atoms with van der Waals surface area (Å²) in [6.07, 6.45) is 3.12. The smallest absolute Gasteiger partial charge is 0.306 e. The Morgan fingerprint density at radius 3 is 2.78 bits per heavy atom. The second-order valence-corrected chi connectivity index (χ2v) is 8.03. The highest BCUT2D eigenvalue weighted by Gasteiger charge is 2.31. The molecule has 2 atom stereocenters. The predicted molar refractivity (Wildman–Crippen MR) is 103 cm³/mol. The van der Waals surface area contributed by atoms with E-state index in [-0.39, 0.29) is 29.9 Å². The zero-order chi connectivity index (χ0) is 19.4. The van der Waals surface area contributed by atoms with Crippen molar-refractivity contribution in [3.8, 4) is 0 Å². The zero-order valence-electron chi connectivity index (χ0n) is 15.7. The van der Waals surface area contributed by atoms with Crippen molar-refractivity contribution in [2.45, 2.75) is 50.8 Å². The van der Waals surface area contributed by atoms with E-state index in [1.165, 1.54) is 6.07 Å². The minimum absolute atomic E-state index is 0.0952. The van der Waals surface area contributed by atoms with Gasteiger partial charge in [0, 0.05) is 36.3 Å². The van der Waals surface area contributed by atoms with Gasteiger partial charge < -0.3 is 15.2 Å². The highest BCUT2D eigenvalue weighted by Crippen LogP contribution is 2.32. The molecule has 0 radical (unpaired) electrons. The summed E-state index contributed by atoms with van der Waals surface area (Å²) in [4.78, 5) is 13.4. The molecule has 2 fully saturated rings. The number of halogens is 2. The van der Waals surface area contributed by atoms with Gasteiger partial charge in [-0.15, -0.1) is 0 Å². The van der Waals surface area contributed by atoms with E-state index in [2.05, 4.69) is 10.2 Å². The first kappa shape index (κ1) is 20.5. The predicted octanol–water partition coefficient (Wildman–Crippen LogP) is 3.47. The van der Waals surface area contributed by atoms with Crippen LogP contribution in [0.1, 0.15) is 44.2 Å². The Morgan fingerprint density at radius 2 is 2.15 bits per heavy atom. The molecule has 0 spiro atoms. The number of nitrogens with zero attached hydrogens (tertiary/aromatic N) is 1. The molecular formula is C20H28ClFN2O3. The monoisotopic (exact) mass is 398 g/mol. The second-order valence-electron chi connectivity index (χ2n) is 7.62. The number of rotatable bonds is 6. The Bertz CT molecular complexity index is 632. The fraction of sp³-hybridized carbons (Fsp3) is 0.650. The molecule has 0 amide bonds. The van der Waals surface area contributed by atoms with Gasteiger partial charge in [-0.05, 0) is 44.7 Å². The molecule has 1 aliphatic carbocycles. The van der Waals surface area contributed by atoms with Gasteiger partial charge in [0.2, 0.25) is 0 Å². The normalized spacial score (nSPS) is 28.0. The summed E-state index contributed by atoms with van der Waals surface area (Å²) in [5.41, 5.74) is 0.528. The number of hydrogen-bond donors (Lipinski definition) is 2. The van der Waals surface area contributed by atoms with E-state index in [9.17, 15) is 9.18 Å². The van der Waals surface area contributed by atoms with Crippen LogP contribution in [0, 0.1) is 11.7 Å². The number of aliphatic carboxylic acids is 1. The molecule has 1 aromatic rings. The van der Waals surface area contributed by atoms with E-state index in [1.54, 1.807) is 12.1 Å². The lowest BCUT2D eigenvalue weighted by Gasteiger charge is -2.39. The molecule has 1 aromatic carbocycles. The third-order valence-electron chi connectivity index (χ3n) is 5.72. The van der Waals surface area contributed by atoms with Crippen LogP contribution < -0.4 is 5.32 Å². The van der Waals surface area contributed by atoms with Crippen LogP contribution in [-0.2, 0) is 9.53 Å². The number of carboxylic acids is 1. The number of morpholine rings is 1. The van der Waals surface area contributed by atoms with Crippen LogP contribution >= 0.6 is 11.6 Å². The van der Waals surface area contributed by atoms with Crippen molar-refractivity contribution in [1.82, 2.24) is 10.2 Å². The van der Waals surface area contributed by atoms with E-state index in [0.717, 1.165) is 25.9 Å². The van der Waals surface area contributed by atoms with Crippen molar-refractivity contribution in [1.29, 1.82) is 0 Å². The van der Waals surface area contributed by atoms with E-state index < -0.39 is 5.97 Å². The van der Waals surface area contributed by atoms with E-state index in [1.807, 2.05) is 6.92 Å². The van der Waals surface area contributed by atoms with E-state index in [4.69, 9.17) is 21.4 Å². The summed E-state index contributed by atoms with van der Waals surface area (Å²) in [5.74, 6) is -1.23. The van der Waals surface area contributed by atoms with Crippen LogP contribution in [0.25, 0.3) is 0 Å². The minimum atomic E-state index is -0.702. The number of ether oxygens (including phenoxy) is 1. The highest BCUT2D eigenvalue weighted by atomic mass is 35.5. The molecule has 7 heteroatoms. The van der Waals surface area contributed by atoms with E-state index in [0.29, 0.717) is 36.6 Å². The third kappa shape index (κ3) is 5.19. The molecule has 2 unspecified atom stereocenters. The van der Waals surface area contributed by atoms with Crippen LogP contribution in [0.3, 0.4) is 0 Å². The van der Waals surface area contributed by atoms with Gasteiger partial charge in [-0.2, -0.15) is 0 Å². The topological polar surface area (TPSA) is 61.8 Å². The summed E-state index contributed by atoms with van der Waals surface area (Å²) in [6.45, 7) is 4.67. The maximum Gasteiger partial charge on any atom is 0.306 e. The maximum atomic E-state index is 14.6. The molecule has 2 N–H and O–H groups in total.